The molecule has 2 N–H and O–H groups in total. The molecule has 18 heavy (non-hydrogen) atoms. The van der Waals surface area contributed by atoms with Gasteiger partial charge in [-0.1, -0.05) is 0 Å². The molecule has 1 fully saturated rings. The average molecular weight is 269 g/mol. The van der Waals surface area contributed by atoms with Gasteiger partial charge in [0.05, 0.1) is 0 Å². The number of halogens is 3. The van der Waals surface area contributed by atoms with Gasteiger partial charge in [-0.05, 0) is 25.2 Å². The second kappa shape index (κ2) is 6.03. The zero-order chi connectivity index (χ0) is 13.8. The Bertz CT molecular complexity index is 313. The molecule has 1 amide bonds. The molecule has 0 spiro atoms. The standard InChI is InChI=1S/C10H14F3NO4/c11-10(12,13)9(17)14-7(8(15)16)5-6-1-3-18-4-2-6/h6-7H,1-5H2,(H,14,17)(H,15,16)/t7-/m0/s1. The first-order chi connectivity index (χ1) is 8.30. The number of hydrogen-bond donors (Lipinski definition) is 2. The zero-order valence-electron chi connectivity index (χ0n) is 9.50. The van der Waals surface area contributed by atoms with Crippen LogP contribution in [0.15, 0.2) is 0 Å². The molecule has 8 heteroatoms. The largest absolute Gasteiger partial charge is 0.480 e. The van der Waals surface area contributed by atoms with Gasteiger partial charge in [-0.25, -0.2) is 4.79 Å². The first-order valence-electron chi connectivity index (χ1n) is 5.49. The van der Waals surface area contributed by atoms with E-state index in [-0.39, 0.29) is 12.3 Å². The molecule has 104 valence electrons. The molecule has 1 saturated heterocycles. The number of hydrogen-bond acceptors (Lipinski definition) is 3. The molecular formula is C10H14F3NO4. The number of nitrogens with one attached hydrogen (secondary N) is 1. The highest BCUT2D eigenvalue weighted by atomic mass is 19.4. The lowest BCUT2D eigenvalue weighted by Crippen LogP contribution is -2.47. The summed E-state index contributed by atoms with van der Waals surface area (Å²) in [7, 11) is 0. The minimum Gasteiger partial charge on any atom is -0.480 e. The monoisotopic (exact) mass is 269 g/mol. The van der Waals surface area contributed by atoms with Gasteiger partial charge in [0.15, 0.2) is 0 Å². The molecule has 0 aromatic carbocycles. The fraction of sp³-hybridized carbons (Fsp3) is 0.800. The van der Waals surface area contributed by atoms with E-state index >= 15 is 0 Å². The molecule has 1 atom stereocenters. The van der Waals surface area contributed by atoms with Gasteiger partial charge in [0.1, 0.15) is 6.04 Å². The van der Waals surface area contributed by atoms with Crippen LogP contribution in [0.4, 0.5) is 13.2 Å². The van der Waals surface area contributed by atoms with E-state index in [9.17, 15) is 22.8 Å². The minimum absolute atomic E-state index is 0.0134. The molecule has 1 aliphatic rings. The van der Waals surface area contributed by atoms with Crippen LogP contribution in [-0.4, -0.2) is 42.4 Å². The van der Waals surface area contributed by atoms with E-state index in [1.54, 1.807) is 0 Å². The fourth-order valence-corrected chi connectivity index (χ4v) is 1.78. The van der Waals surface area contributed by atoms with E-state index in [1.165, 1.54) is 5.32 Å². The average Bonchev–Trinajstić information content (AvgIpc) is 2.28. The van der Waals surface area contributed by atoms with Crippen molar-refractivity contribution in [1.29, 1.82) is 0 Å². The van der Waals surface area contributed by atoms with Crippen LogP contribution in [0.5, 0.6) is 0 Å². The van der Waals surface area contributed by atoms with Crippen molar-refractivity contribution in [1.82, 2.24) is 5.32 Å². The summed E-state index contributed by atoms with van der Waals surface area (Å²) in [4.78, 5) is 21.5. The molecule has 0 radical (unpaired) electrons. The molecule has 5 nitrogen and oxygen atoms in total. The van der Waals surface area contributed by atoms with E-state index in [0.717, 1.165) is 0 Å². The number of alkyl halides is 3. The molecule has 0 aromatic rings. The van der Waals surface area contributed by atoms with Gasteiger partial charge in [-0.2, -0.15) is 13.2 Å². The summed E-state index contributed by atoms with van der Waals surface area (Å²) in [5.41, 5.74) is 0. The van der Waals surface area contributed by atoms with Crippen LogP contribution in [0, 0.1) is 5.92 Å². The maximum absolute atomic E-state index is 12.0. The van der Waals surface area contributed by atoms with Gasteiger partial charge in [0.2, 0.25) is 0 Å². The van der Waals surface area contributed by atoms with Gasteiger partial charge >= 0.3 is 18.1 Å². The van der Waals surface area contributed by atoms with Crippen molar-refractivity contribution < 1.29 is 32.6 Å². The molecule has 1 heterocycles. The van der Waals surface area contributed by atoms with Crippen molar-refractivity contribution in [2.45, 2.75) is 31.5 Å². The maximum atomic E-state index is 12.0. The Morgan fingerprint density at radius 3 is 2.33 bits per heavy atom. The minimum atomic E-state index is -5.07. The number of amides is 1. The maximum Gasteiger partial charge on any atom is 0.471 e. The first-order valence-corrected chi connectivity index (χ1v) is 5.49. The van der Waals surface area contributed by atoms with E-state index in [2.05, 4.69) is 0 Å². The van der Waals surface area contributed by atoms with Crippen molar-refractivity contribution in [2.75, 3.05) is 13.2 Å². The smallest absolute Gasteiger partial charge is 0.471 e. The third kappa shape index (κ3) is 4.52. The second-order valence-corrected chi connectivity index (χ2v) is 4.15. The van der Waals surface area contributed by atoms with Crippen LogP contribution < -0.4 is 5.32 Å². The molecule has 0 aliphatic carbocycles. The highest BCUT2D eigenvalue weighted by Gasteiger charge is 2.41. The quantitative estimate of drug-likeness (QED) is 0.796. The summed E-state index contributed by atoms with van der Waals surface area (Å²) < 4.78 is 41.1. The van der Waals surface area contributed by atoms with Gasteiger partial charge in [-0.15, -0.1) is 0 Å². The van der Waals surface area contributed by atoms with Gasteiger partial charge in [0.25, 0.3) is 0 Å². The first kappa shape index (κ1) is 14.7. The summed E-state index contributed by atoms with van der Waals surface area (Å²) >= 11 is 0. The number of carboxylic acids is 1. The Morgan fingerprint density at radius 2 is 1.89 bits per heavy atom. The Kier molecular flexibility index (Phi) is 4.94. The molecule has 1 rings (SSSR count). The molecule has 0 bridgehead atoms. The fourth-order valence-electron chi connectivity index (χ4n) is 1.78. The Balaban J connectivity index is 2.54. The van der Waals surface area contributed by atoms with Crippen molar-refractivity contribution in [3.8, 4) is 0 Å². The molecule has 1 aliphatic heterocycles. The van der Waals surface area contributed by atoms with Crippen LogP contribution in [0.2, 0.25) is 0 Å². The van der Waals surface area contributed by atoms with E-state index < -0.39 is 24.1 Å². The predicted molar refractivity (Wildman–Crippen MR) is 53.8 cm³/mol. The summed E-state index contributed by atoms with van der Waals surface area (Å²) in [5, 5.41) is 10.3. The van der Waals surface area contributed by atoms with Gasteiger partial charge < -0.3 is 15.2 Å². The lowest BCUT2D eigenvalue weighted by Gasteiger charge is -2.25. The topological polar surface area (TPSA) is 75.6 Å². The Morgan fingerprint density at radius 1 is 1.33 bits per heavy atom. The number of carbonyl (C=O) groups excluding carboxylic acids is 1. The number of rotatable bonds is 4. The summed E-state index contributed by atoms with van der Waals surface area (Å²) in [6, 6.07) is -1.51. The number of ether oxygens (including phenoxy) is 1. The third-order valence-electron chi connectivity index (χ3n) is 2.77. The van der Waals surface area contributed by atoms with E-state index in [1.807, 2.05) is 0 Å². The molecule has 0 aromatic heterocycles. The summed E-state index contributed by atoms with van der Waals surface area (Å²) in [6.07, 6.45) is -3.90. The highest BCUT2D eigenvalue weighted by molar-refractivity contribution is 5.86. The molecule has 0 unspecified atom stereocenters. The second-order valence-electron chi connectivity index (χ2n) is 4.15. The van der Waals surface area contributed by atoms with E-state index in [0.29, 0.717) is 26.1 Å². The Hall–Kier alpha value is -1.31. The predicted octanol–water partition coefficient (Wildman–Crippen LogP) is 0.935. The lowest BCUT2D eigenvalue weighted by atomic mass is 9.92. The van der Waals surface area contributed by atoms with Crippen LogP contribution in [-0.2, 0) is 14.3 Å². The van der Waals surface area contributed by atoms with Crippen molar-refractivity contribution in [3.63, 3.8) is 0 Å². The number of carbonyl (C=O) groups is 2. The SMILES string of the molecule is O=C(O)[C@H](CC1CCOCC1)NC(=O)C(F)(F)F. The van der Waals surface area contributed by atoms with Crippen molar-refractivity contribution in [3.05, 3.63) is 0 Å². The normalized spacial score (nSPS) is 19.3. The van der Waals surface area contributed by atoms with Crippen LogP contribution in [0.1, 0.15) is 19.3 Å². The van der Waals surface area contributed by atoms with Gasteiger partial charge in [-0.3, -0.25) is 4.79 Å². The third-order valence-corrected chi connectivity index (χ3v) is 2.77. The number of aliphatic carboxylic acids is 1. The summed E-state index contributed by atoms with van der Waals surface area (Å²) in [5.74, 6) is -3.73. The van der Waals surface area contributed by atoms with Crippen LogP contribution in [0.25, 0.3) is 0 Å². The Labute approximate surface area is 101 Å². The zero-order valence-corrected chi connectivity index (χ0v) is 9.50. The molecular weight excluding hydrogens is 255 g/mol. The van der Waals surface area contributed by atoms with Gasteiger partial charge in [0, 0.05) is 13.2 Å². The summed E-state index contributed by atoms with van der Waals surface area (Å²) in [6.45, 7) is 0.925. The molecule has 0 saturated carbocycles. The van der Waals surface area contributed by atoms with Crippen molar-refractivity contribution >= 4 is 11.9 Å². The number of carboxylic acid groups (broad SMARTS) is 1. The highest BCUT2D eigenvalue weighted by Crippen LogP contribution is 2.21. The van der Waals surface area contributed by atoms with E-state index in [4.69, 9.17) is 9.84 Å². The van der Waals surface area contributed by atoms with Crippen molar-refractivity contribution in [2.24, 2.45) is 5.92 Å². The van der Waals surface area contributed by atoms with Crippen LogP contribution in [0.3, 0.4) is 0 Å². The van der Waals surface area contributed by atoms with Crippen LogP contribution >= 0.6 is 0 Å². The lowest BCUT2D eigenvalue weighted by molar-refractivity contribution is -0.175.